The van der Waals surface area contributed by atoms with Gasteiger partial charge in [0.05, 0.1) is 0 Å². The largest absolute Gasteiger partial charge is 0.381 e. The minimum atomic E-state index is -0.281. The summed E-state index contributed by atoms with van der Waals surface area (Å²) in [6, 6.07) is 10.2. The summed E-state index contributed by atoms with van der Waals surface area (Å²) in [5.74, 6) is 0.380. The molecule has 1 aliphatic heterocycles. The van der Waals surface area contributed by atoms with Crippen molar-refractivity contribution in [1.82, 2.24) is 19.7 Å². The molecule has 0 radical (unpaired) electrons. The van der Waals surface area contributed by atoms with Crippen molar-refractivity contribution in [1.29, 1.82) is 0 Å². The Hall–Kier alpha value is -2.41. The number of nitrogens with zero attached hydrogens (tertiary/aromatic N) is 3. The molecule has 1 fully saturated rings. The second-order valence-corrected chi connectivity index (χ2v) is 6.58. The minimum absolute atomic E-state index is 0.0676. The molecule has 1 amide bonds. The molecule has 2 aromatic rings. The number of hydrogen-bond acceptors (Lipinski definition) is 4. The molecule has 1 N–H and O–H groups in total. The Morgan fingerprint density at radius 3 is 2.56 bits per heavy atom. The summed E-state index contributed by atoms with van der Waals surface area (Å²) in [5, 5.41) is 7.10. The highest BCUT2D eigenvalue weighted by atomic mass is 16.5. The summed E-state index contributed by atoms with van der Waals surface area (Å²) >= 11 is 0. The van der Waals surface area contributed by atoms with E-state index in [9.17, 15) is 9.59 Å². The van der Waals surface area contributed by atoms with E-state index in [1.807, 2.05) is 18.2 Å². The van der Waals surface area contributed by atoms with E-state index in [4.69, 9.17) is 4.74 Å². The van der Waals surface area contributed by atoms with Crippen LogP contribution in [0.4, 0.5) is 0 Å². The highest BCUT2D eigenvalue weighted by Crippen LogP contribution is 2.34. The van der Waals surface area contributed by atoms with Gasteiger partial charge in [-0.1, -0.05) is 30.3 Å². The van der Waals surface area contributed by atoms with E-state index in [1.54, 1.807) is 14.0 Å². The van der Waals surface area contributed by atoms with Gasteiger partial charge in [-0.25, -0.2) is 9.48 Å². The number of benzene rings is 1. The van der Waals surface area contributed by atoms with E-state index in [1.165, 1.54) is 14.8 Å². The van der Waals surface area contributed by atoms with Crippen molar-refractivity contribution in [2.75, 3.05) is 19.8 Å². The zero-order chi connectivity index (χ0) is 17.9. The third-order valence-electron chi connectivity index (χ3n) is 5.01. The molecule has 1 aromatic carbocycles. The fraction of sp³-hybridized carbons (Fsp3) is 0.500. The molecule has 0 spiro atoms. The molecule has 25 heavy (non-hydrogen) atoms. The van der Waals surface area contributed by atoms with Crippen LogP contribution in [0.5, 0.6) is 0 Å². The second kappa shape index (κ2) is 7.23. The highest BCUT2D eigenvalue weighted by Gasteiger charge is 2.34. The molecule has 134 valence electrons. The highest BCUT2D eigenvalue weighted by molar-refractivity contribution is 5.75. The number of hydrogen-bond donors (Lipinski definition) is 1. The van der Waals surface area contributed by atoms with Crippen molar-refractivity contribution < 1.29 is 9.53 Å². The van der Waals surface area contributed by atoms with Crippen LogP contribution >= 0.6 is 0 Å². The summed E-state index contributed by atoms with van der Waals surface area (Å²) in [6.07, 6.45) is 1.72. The van der Waals surface area contributed by atoms with Gasteiger partial charge in [-0.05, 0) is 25.3 Å². The maximum atomic E-state index is 12.4. The summed E-state index contributed by atoms with van der Waals surface area (Å²) in [5.41, 5.74) is 0.807. The van der Waals surface area contributed by atoms with Crippen LogP contribution in [0.2, 0.25) is 0 Å². The predicted octanol–water partition coefficient (Wildman–Crippen LogP) is 0.755. The van der Waals surface area contributed by atoms with Crippen LogP contribution in [-0.4, -0.2) is 40.0 Å². The number of ether oxygens (including phenoxy) is 1. The Balaban J connectivity index is 1.70. The van der Waals surface area contributed by atoms with Crippen LogP contribution in [0, 0.1) is 6.92 Å². The van der Waals surface area contributed by atoms with Crippen molar-refractivity contribution in [3.05, 3.63) is 52.2 Å². The SMILES string of the molecule is Cc1nn(CC(=O)NCC2(c3ccccc3)CCOCC2)c(=O)n1C. The molecule has 1 saturated heterocycles. The fourth-order valence-corrected chi connectivity index (χ4v) is 3.28. The Bertz CT molecular complexity index is 788. The Morgan fingerprint density at radius 2 is 1.96 bits per heavy atom. The lowest BCUT2D eigenvalue weighted by atomic mass is 9.74. The van der Waals surface area contributed by atoms with Gasteiger partial charge in [0.1, 0.15) is 12.4 Å². The lowest BCUT2D eigenvalue weighted by Gasteiger charge is -2.38. The first-order valence-corrected chi connectivity index (χ1v) is 8.52. The lowest BCUT2D eigenvalue weighted by molar-refractivity contribution is -0.122. The van der Waals surface area contributed by atoms with Crippen molar-refractivity contribution in [2.24, 2.45) is 7.05 Å². The molecular formula is C18H24N4O3. The first kappa shape index (κ1) is 17.4. The molecule has 7 heteroatoms. The normalized spacial score (nSPS) is 16.6. The number of carbonyl (C=O) groups excluding carboxylic acids is 1. The molecule has 0 atom stereocenters. The predicted molar refractivity (Wildman–Crippen MR) is 93.4 cm³/mol. The fourth-order valence-electron chi connectivity index (χ4n) is 3.28. The monoisotopic (exact) mass is 344 g/mol. The summed E-state index contributed by atoms with van der Waals surface area (Å²) < 4.78 is 8.14. The summed E-state index contributed by atoms with van der Waals surface area (Å²) in [4.78, 5) is 24.3. The molecular weight excluding hydrogens is 320 g/mol. The zero-order valence-electron chi connectivity index (χ0n) is 14.7. The number of aromatic nitrogens is 3. The van der Waals surface area contributed by atoms with Gasteiger partial charge in [-0.3, -0.25) is 9.36 Å². The van der Waals surface area contributed by atoms with E-state index in [0.29, 0.717) is 25.6 Å². The van der Waals surface area contributed by atoms with Gasteiger partial charge in [-0.15, -0.1) is 0 Å². The van der Waals surface area contributed by atoms with E-state index in [0.717, 1.165) is 12.8 Å². The first-order valence-electron chi connectivity index (χ1n) is 8.52. The van der Waals surface area contributed by atoms with E-state index < -0.39 is 0 Å². The number of nitrogens with one attached hydrogen (secondary N) is 1. The second-order valence-electron chi connectivity index (χ2n) is 6.58. The van der Waals surface area contributed by atoms with E-state index in [-0.39, 0.29) is 23.6 Å². The zero-order valence-corrected chi connectivity index (χ0v) is 14.7. The minimum Gasteiger partial charge on any atom is -0.381 e. The number of aryl methyl sites for hydroxylation is 1. The molecule has 1 aromatic heterocycles. The Labute approximate surface area is 146 Å². The Morgan fingerprint density at radius 1 is 1.28 bits per heavy atom. The summed E-state index contributed by atoms with van der Waals surface area (Å²) in [6.45, 7) is 3.57. The van der Waals surface area contributed by atoms with Crippen molar-refractivity contribution >= 4 is 5.91 Å². The van der Waals surface area contributed by atoms with Crippen LogP contribution < -0.4 is 11.0 Å². The quantitative estimate of drug-likeness (QED) is 0.868. The molecule has 0 unspecified atom stereocenters. The van der Waals surface area contributed by atoms with Crippen LogP contribution in [0.3, 0.4) is 0 Å². The molecule has 7 nitrogen and oxygen atoms in total. The summed E-state index contributed by atoms with van der Waals surface area (Å²) in [7, 11) is 1.64. The topological polar surface area (TPSA) is 78.2 Å². The maximum absolute atomic E-state index is 12.4. The number of amides is 1. The average molecular weight is 344 g/mol. The standard InChI is InChI=1S/C18H24N4O3/c1-14-20-22(17(24)21(14)2)12-16(23)19-13-18(8-10-25-11-9-18)15-6-4-3-5-7-15/h3-7H,8-13H2,1-2H3,(H,19,23). The van der Waals surface area contributed by atoms with Crippen molar-refractivity contribution in [3.63, 3.8) is 0 Å². The van der Waals surface area contributed by atoms with E-state index >= 15 is 0 Å². The van der Waals surface area contributed by atoms with Gasteiger partial charge in [0, 0.05) is 32.2 Å². The lowest BCUT2D eigenvalue weighted by Crippen LogP contribution is -2.45. The molecule has 0 aliphatic carbocycles. The third-order valence-corrected chi connectivity index (χ3v) is 5.01. The van der Waals surface area contributed by atoms with Crippen molar-refractivity contribution in [3.8, 4) is 0 Å². The smallest absolute Gasteiger partial charge is 0.346 e. The molecule has 0 saturated carbocycles. The third kappa shape index (κ3) is 3.66. The maximum Gasteiger partial charge on any atom is 0.346 e. The van der Waals surface area contributed by atoms with Crippen LogP contribution in [0.15, 0.2) is 35.1 Å². The number of carbonyl (C=O) groups is 1. The van der Waals surface area contributed by atoms with E-state index in [2.05, 4.69) is 22.5 Å². The van der Waals surface area contributed by atoms with Gasteiger partial charge < -0.3 is 10.1 Å². The molecule has 2 heterocycles. The van der Waals surface area contributed by atoms with Crippen LogP contribution in [0.1, 0.15) is 24.2 Å². The van der Waals surface area contributed by atoms with Crippen LogP contribution in [0.25, 0.3) is 0 Å². The molecule has 0 bridgehead atoms. The molecule has 1 aliphatic rings. The van der Waals surface area contributed by atoms with Gasteiger partial charge >= 0.3 is 5.69 Å². The van der Waals surface area contributed by atoms with Gasteiger partial charge in [0.2, 0.25) is 5.91 Å². The van der Waals surface area contributed by atoms with Gasteiger partial charge in [0.25, 0.3) is 0 Å². The Kier molecular flexibility index (Phi) is 5.03. The first-order chi connectivity index (χ1) is 12.0. The van der Waals surface area contributed by atoms with Gasteiger partial charge in [-0.2, -0.15) is 5.10 Å². The van der Waals surface area contributed by atoms with Gasteiger partial charge in [0.15, 0.2) is 0 Å². The number of rotatable bonds is 5. The molecule has 3 rings (SSSR count). The average Bonchev–Trinajstić information content (AvgIpc) is 2.88. The van der Waals surface area contributed by atoms with Crippen LogP contribution in [-0.2, 0) is 28.5 Å². The van der Waals surface area contributed by atoms with Crippen molar-refractivity contribution in [2.45, 2.75) is 31.7 Å².